The lowest BCUT2D eigenvalue weighted by atomic mass is 9.68. The minimum Gasteiger partial charge on any atom is -0.410 e. The number of fused-ring (bicyclic) bond motifs is 1. The van der Waals surface area contributed by atoms with Gasteiger partial charge >= 0.3 is 6.09 Å². The molecule has 6 rings (SSSR count). The zero-order chi connectivity index (χ0) is 21.4. The predicted molar refractivity (Wildman–Crippen MR) is 120 cm³/mol. The number of hydrogen-bond donors (Lipinski definition) is 2. The van der Waals surface area contributed by atoms with Gasteiger partial charge in [-0.25, -0.2) is 9.78 Å². The van der Waals surface area contributed by atoms with Crippen LogP contribution in [0.15, 0.2) is 18.2 Å². The molecule has 0 saturated heterocycles. The van der Waals surface area contributed by atoms with Gasteiger partial charge in [-0.2, -0.15) is 0 Å². The maximum Gasteiger partial charge on any atom is 0.412 e. The Bertz CT molecular complexity index is 1020. The van der Waals surface area contributed by atoms with Crippen LogP contribution in [0.5, 0.6) is 5.75 Å². The highest BCUT2D eigenvalue weighted by Gasteiger charge is 2.43. The average molecular weight is 423 g/mol. The van der Waals surface area contributed by atoms with Gasteiger partial charge in [-0.15, -0.1) is 0 Å². The molecule has 4 bridgehead atoms. The second kappa shape index (κ2) is 8.64. The van der Waals surface area contributed by atoms with E-state index in [-0.39, 0.29) is 0 Å². The number of amides is 1. The molecule has 2 aliphatic carbocycles. The molecule has 3 heterocycles. The fourth-order valence-electron chi connectivity index (χ4n) is 6.25. The van der Waals surface area contributed by atoms with Gasteiger partial charge in [-0.05, 0) is 62.5 Å². The van der Waals surface area contributed by atoms with Gasteiger partial charge < -0.3 is 14.6 Å². The number of carbonyl (C=O) groups is 1. The van der Waals surface area contributed by atoms with Crippen LogP contribution in [0.25, 0.3) is 10.9 Å². The highest BCUT2D eigenvalue weighted by Crippen LogP contribution is 2.52. The van der Waals surface area contributed by atoms with Crippen LogP contribution in [0.1, 0.15) is 88.9 Å². The topological polar surface area (TPSA) is 80.0 Å². The number of nitrogens with zero attached hydrogens (tertiary/aromatic N) is 2. The third-order valence-electron chi connectivity index (χ3n) is 7.55. The van der Waals surface area contributed by atoms with Gasteiger partial charge in [0.25, 0.3) is 0 Å². The van der Waals surface area contributed by atoms with Crippen LogP contribution in [-0.2, 0) is 0 Å². The molecule has 2 aliphatic heterocycles. The normalized spacial score (nSPS) is 26.0. The Morgan fingerprint density at radius 2 is 1.90 bits per heavy atom. The van der Waals surface area contributed by atoms with Gasteiger partial charge in [0.2, 0.25) is 0 Å². The Balaban J connectivity index is 1.33. The maximum atomic E-state index is 12.2. The van der Waals surface area contributed by atoms with E-state index in [0.717, 1.165) is 41.4 Å². The molecule has 166 valence electrons. The molecule has 2 fully saturated rings. The first-order valence-electron chi connectivity index (χ1n) is 12.2. The molecule has 0 radical (unpaired) electrons. The van der Waals surface area contributed by atoms with Crippen molar-refractivity contribution in [3.05, 3.63) is 29.5 Å². The van der Waals surface area contributed by atoms with Crippen molar-refractivity contribution in [3.63, 3.8) is 0 Å². The molecule has 1 aromatic carbocycles. The number of hydrogen-bond acceptors (Lipinski definition) is 4. The van der Waals surface area contributed by atoms with E-state index in [4.69, 9.17) is 15.1 Å². The quantitative estimate of drug-likeness (QED) is 0.585. The second-order valence-corrected chi connectivity index (χ2v) is 9.86. The SMILES string of the molecule is CCCCCCCNC(=O)Oc1ccc2c(=N)n3c(nc2c1)C1CC2CC(C1)CC3C2. The summed E-state index contributed by atoms with van der Waals surface area (Å²) in [5, 5.41) is 12.6. The molecule has 2 unspecified atom stereocenters. The Labute approximate surface area is 183 Å². The fourth-order valence-corrected chi connectivity index (χ4v) is 6.25. The van der Waals surface area contributed by atoms with Crippen molar-refractivity contribution in [3.8, 4) is 5.75 Å². The number of carbonyl (C=O) groups excluding carboxylic acids is 1. The lowest BCUT2D eigenvalue weighted by molar-refractivity contribution is 0.150. The van der Waals surface area contributed by atoms with E-state index in [1.54, 1.807) is 6.07 Å². The highest BCUT2D eigenvalue weighted by atomic mass is 16.6. The lowest BCUT2D eigenvalue weighted by Crippen LogP contribution is -2.31. The van der Waals surface area contributed by atoms with E-state index in [2.05, 4.69) is 16.8 Å². The van der Waals surface area contributed by atoms with Gasteiger partial charge in [-0.1, -0.05) is 32.6 Å². The van der Waals surface area contributed by atoms with Gasteiger partial charge in [0.15, 0.2) is 0 Å². The number of unbranched alkanes of at least 4 members (excludes halogenated alkanes) is 4. The van der Waals surface area contributed by atoms with Crippen molar-refractivity contribution < 1.29 is 9.53 Å². The lowest BCUT2D eigenvalue weighted by Gasteiger charge is -2.37. The summed E-state index contributed by atoms with van der Waals surface area (Å²) in [6.07, 6.45) is 11.5. The summed E-state index contributed by atoms with van der Waals surface area (Å²) in [5.41, 5.74) is 1.34. The van der Waals surface area contributed by atoms with E-state index >= 15 is 0 Å². The smallest absolute Gasteiger partial charge is 0.410 e. The second-order valence-electron chi connectivity index (χ2n) is 9.86. The summed E-state index contributed by atoms with van der Waals surface area (Å²) in [4.78, 5) is 17.2. The van der Waals surface area contributed by atoms with Crippen LogP contribution in [-0.4, -0.2) is 22.2 Å². The number of rotatable bonds is 7. The van der Waals surface area contributed by atoms with Gasteiger partial charge in [0.05, 0.1) is 5.52 Å². The first kappa shape index (κ1) is 20.5. The minimum absolute atomic E-state index is 0.416. The summed E-state index contributed by atoms with van der Waals surface area (Å²) < 4.78 is 7.75. The molecule has 6 nitrogen and oxygen atoms in total. The molecular formula is C25H34N4O2. The largest absolute Gasteiger partial charge is 0.412 e. The zero-order valence-electron chi connectivity index (χ0n) is 18.5. The molecule has 1 amide bonds. The monoisotopic (exact) mass is 422 g/mol. The van der Waals surface area contributed by atoms with Crippen LogP contribution in [0.3, 0.4) is 0 Å². The van der Waals surface area contributed by atoms with E-state index in [9.17, 15) is 4.79 Å². The number of nitrogens with one attached hydrogen (secondary N) is 2. The van der Waals surface area contributed by atoms with Crippen LogP contribution >= 0.6 is 0 Å². The van der Waals surface area contributed by atoms with Crippen LogP contribution < -0.4 is 15.5 Å². The standard InChI is InChI=1S/C25H34N4O2/c1-2-3-4-5-6-9-27-25(30)31-20-7-8-21-22(15-20)28-24-18-11-16-10-17(12-18)14-19(13-16)29(24)23(21)26/h7-8,15-19,26H,2-6,9-14H2,1H3,(H,27,30). The summed E-state index contributed by atoms with van der Waals surface area (Å²) in [5.74, 6) is 3.62. The number of ether oxygens (including phenoxy) is 1. The Morgan fingerprint density at radius 1 is 1.13 bits per heavy atom. The molecule has 2 aromatic rings. The van der Waals surface area contributed by atoms with Crippen LogP contribution in [0.2, 0.25) is 0 Å². The zero-order valence-corrected chi connectivity index (χ0v) is 18.5. The highest BCUT2D eigenvalue weighted by molar-refractivity contribution is 5.80. The van der Waals surface area contributed by atoms with Gasteiger partial charge in [0, 0.05) is 30.0 Å². The van der Waals surface area contributed by atoms with Crippen molar-refractivity contribution in [2.24, 2.45) is 11.8 Å². The molecule has 1 aromatic heterocycles. The molecule has 2 atom stereocenters. The molecule has 2 saturated carbocycles. The average Bonchev–Trinajstić information content (AvgIpc) is 2.91. The van der Waals surface area contributed by atoms with Crippen molar-refractivity contribution >= 4 is 17.0 Å². The summed E-state index contributed by atoms with van der Waals surface area (Å²) in [7, 11) is 0. The molecule has 31 heavy (non-hydrogen) atoms. The first-order chi connectivity index (χ1) is 15.1. The fraction of sp³-hybridized carbons (Fsp3) is 0.640. The molecule has 6 heteroatoms. The van der Waals surface area contributed by atoms with Crippen LogP contribution in [0, 0.1) is 17.2 Å². The van der Waals surface area contributed by atoms with Crippen molar-refractivity contribution in [1.29, 1.82) is 5.41 Å². The summed E-state index contributed by atoms with van der Waals surface area (Å²) >= 11 is 0. The van der Waals surface area contributed by atoms with Gasteiger partial charge in [0.1, 0.15) is 17.1 Å². The maximum absolute atomic E-state index is 12.2. The molecule has 2 N–H and O–H groups in total. The predicted octanol–water partition coefficient (Wildman–Crippen LogP) is 5.42. The Morgan fingerprint density at radius 3 is 2.68 bits per heavy atom. The van der Waals surface area contributed by atoms with E-state index < -0.39 is 6.09 Å². The van der Waals surface area contributed by atoms with Gasteiger partial charge in [-0.3, -0.25) is 5.41 Å². The first-order valence-corrected chi connectivity index (χ1v) is 12.2. The van der Waals surface area contributed by atoms with E-state index in [1.807, 2.05) is 12.1 Å². The Kier molecular flexibility index (Phi) is 5.72. The third-order valence-corrected chi connectivity index (χ3v) is 7.55. The van der Waals surface area contributed by atoms with Crippen molar-refractivity contribution in [2.75, 3.05) is 6.54 Å². The molecular weight excluding hydrogens is 388 g/mol. The number of aromatic nitrogens is 2. The number of benzene rings is 1. The van der Waals surface area contributed by atoms with E-state index in [0.29, 0.717) is 29.7 Å². The summed E-state index contributed by atoms with van der Waals surface area (Å²) in [6, 6.07) is 5.93. The Hall–Kier alpha value is -2.37. The van der Waals surface area contributed by atoms with Crippen molar-refractivity contribution in [1.82, 2.24) is 14.9 Å². The summed E-state index contributed by atoms with van der Waals surface area (Å²) in [6.45, 7) is 2.84. The van der Waals surface area contributed by atoms with Crippen molar-refractivity contribution in [2.45, 2.75) is 83.1 Å². The molecule has 0 spiro atoms. The van der Waals surface area contributed by atoms with Crippen LogP contribution in [0.4, 0.5) is 4.79 Å². The minimum atomic E-state index is -0.416. The molecule has 4 aliphatic rings. The third kappa shape index (κ3) is 4.09. The van der Waals surface area contributed by atoms with E-state index in [1.165, 1.54) is 51.4 Å².